The molecule has 1 unspecified atom stereocenters. The van der Waals surface area contributed by atoms with Gasteiger partial charge in [-0.2, -0.15) is 0 Å². The molecule has 0 heterocycles. The van der Waals surface area contributed by atoms with Gasteiger partial charge in [-0.3, -0.25) is 9.59 Å². The van der Waals surface area contributed by atoms with Crippen molar-refractivity contribution in [2.75, 3.05) is 0 Å². The molecule has 4 heteroatoms. The molecule has 2 rings (SSSR count). The lowest BCUT2D eigenvalue weighted by atomic mass is 9.95. The van der Waals surface area contributed by atoms with Crippen molar-refractivity contribution in [1.29, 1.82) is 0 Å². The Morgan fingerprint density at radius 2 is 1.60 bits per heavy atom. The van der Waals surface area contributed by atoms with Gasteiger partial charge in [-0.15, -0.1) is 0 Å². The van der Waals surface area contributed by atoms with Crippen molar-refractivity contribution in [3.05, 3.63) is 0 Å². The molecule has 3 atom stereocenters. The molecule has 1 amide bonds. The van der Waals surface area contributed by atoms with Crippen LogP contribution in [-0.2, 0) is 9.59 Å². The quantitative estimate of drug-likeness (QED) is 0.832. The first-order valence-corrected chi connectivity index (χ1v) is 7.66. The number of amides is 1. The fourth-order valence-corrected chi connectivity index (χ4v) is 3.85. The van der Waals surface area contributed by atoms with Crippen LogP contribution in [-0.4, -0.2) is 23.0 Å². The van der Waals surface area contributed by atoms with Gasteiger partial charge in [0.2, 0.25) is 5.91 Å². The Morgan fingerprint density at radius 1 is 1.10 bits per heavy atom. The molecule has 0 saturated heterocycles. The van der Waals surface area contributed by atoms with Crippen molar-refractivity contribution >= 4 is 11.9 Å². The molecule has 2 N–H and O–H groups in total. The molecular weight excluding hydrogens is 254 g/mol. The van der Waals surface area contributed by atoms with Crippen LogP contribution in [0.5, 0.6) is 0 Å². The van der Waals surface area contributed by atoms with E-state index < -0.39 is 11.9 Å². The van der Waals surface area contributed by atoms with Crippen molar-refractivity contribution in [2.45, 2.75) is 59.9 Å². The normalized spacial score (nSPS) is 34.8. The van der Waals surface area contributed by atoms with Crippen LogP contribution in [0, 0.1) is 28.6 Å². The van der Waals surface area contributed by atoms with Crippen LogP contribution in [0.4, 0.5) is 0 Å². The predicted octanol–water partition coefficient (Wildman–Crippen LogP) is 2.67. The molecule has 114 valence electrons. The molecule has 2 aliphatic carbocycles. The summed E-state index contributed by atoms with van der Waals surface area (Å²) >= 11 is 0. The van der Waals surface area contributed by atoms with Gasteiger partial charge in [0.15, 0.2) is 0 Å². The second kappa shape index (κ2) is 4.74. The van der Waals surface area contributed by atoms with Crippen LogP contribution in [0.3, 0.4) is 0 Å². The largest absolute Gasteiger partial charge is 0.481 e. The second-order valence-electron chi connectivity index (χ2n) is 7.68. The zero-order chi connectivity index (χ0) is 15.3. The molecule has 0 aromatic carbocycles. The molecule has 0 aliphatic heterocycles. The standard InChI is InChI=1S/C16H27NO3/c1-6-9-7-10(11(8-9)13(19)20)12(18)17-14-15(2,3)16(14,4)5/h9-11,14H,6-8H2,1-5H3,(H,17,18)(H,19,20)/t9?,10-,11+/m0/s1. The molecule has 0 spiro atoms. The van der Waals surface area contributed by atoms with Gasteiger partial charge in [0, 0.05) is 6.04 Å². The van der Waals surface area contributed by atoms with E-state index in [-0.39, 0.29) is 28.7 Å². The maximum Gasteiger partial charge on any atom is 0.307 e. The van der Waals surface area contributed by atoms with Crippen molar-refractivity contribution < 1.29 is 14.7 Å². The summed E-state index contributed by atoms with van der Waals surface area (Å²) in [6, 6.07) is 0.151. The summed E-state index contributed by atoms with van der Waals surface area (Å²) in [4.78, 5) is 23.8. The number of carbonyl (C=O) groups excluding carboxylic acids is 1. The van der Waals surface area contributed by atoms with E-state index in [1.807, 2.05) is 0 Å². The topological polar surface area (TPSA) is 66.4 Å². The first kappa shape index (κ1) is 15.3. The number of hydrogen-bond acceptors (Lipinski definition) is 2. The summed E-state index contributed by atoms with van der Waals surface area (Å²) in [6.45, 7) is 10.7. The third-order valence-corrected chi connectivity index (χ3v) is 6.20. The van der Waals surface area contributed by atoms with E-state index in [0.717, 1.165) is 6.42 Å². The molecular formula is C16H27NO3. The first-order valence-electron chi connectivity index (χ1n) is 7.66. The monoisotopic (exact) mass is 281 g/mol. The highest BCUT2D eigenvalue weighted by Crippen LogP contribution is 2.62. The van der Waals surface area contributed by atoms with Gasteiger partial charge < -0.3 is 10.4 Å². The smallest absolute Gasteiger partial charge is 0.307 e. The summed E-state index contributed by atoms with van der Waals surface area (Å²) < 4.78 is 0. The Labute approximate surface area is 121 Å². The molecule has 0 radical (unpaired) electrons. The number of rotatable bonds is 4. The second-order valence-corrected chi connectivity index (χ2v) is 7.68. The molecule has 20 heavy (non-hydrogen) atoms. The summed E-state index contributed by atoms with van der Waals surface area (Å²) in [6.07, 6.45) is 2.31. The molecule has 2 saturated carbocycles. The lowest BCUT2D eigenvalue weighted by Gasteiger charge is -2.16. The van der Waals surface area contributed by atoms with E-state index in [9.17, 15) is 14.7 Å². The zero-order valence-electron chi connectivity index (χ0n) is 13.2. The van der Waals surface area contributed by atoms with Crippen LogP contribution < -0.4 is 5.32 Å². The molecule has 0 bridgehead atoms. The minimum atomic E-state index is -0.824. The van der Waals surface area contributed by atoms with Crippen molar-refractivity contribution in [1.82, 2.24) is 5.32 Å². The van der Waals surface area contributed by atoms with Gasteiger partial charge in [0.25, 0.3) is 0 Å². The van der Waals surface area contributed by atoms with Gasteiger partial charge in [-0.25, -0.2) is 0 Å². The van der Waals surface area contributed by atoms with Gasteiger partial charge >= 0.3 is 5.97 Å². The van der Waals surface area contributed by atoms with Gasteiger partial charge in [0.05, 0.1) is 11.8 Å². The van der Waals surface area contributed by atoms with E-state index in [2.05, 4.69) is 39.9 Å². The van der Waals surface area contributed by atoms with E-state index in [1.54, 1.807) is 0 Å². The molecule has 4 nitrogen and oxygen atoms in total. The van der Waals surface area contributed by atoms with Crippen molar-refractivity contribution in [3.63, 3.8) is 0 Å². The minimum Gasteiger partial charge on any atom is -0.481 e. The van der Waals surface area contributed by atoms with E-state index in [4.69, 9.17) is 0 Å². The summed E-state index contributed by atoms with van der Waals surface area (Å²) in [7, 11) is 0. The van der Waals surface area contributed by atoms with E-state index in [0.29, 0.717) is 18.8 Å². The Morgan fingerprint density at radius 3 is 2.00 bits per heavy atom. The van der Waals surface area contributed by atoms with Crippen LogP contribution in [0.1, 0.15) is 53.9 Å². The van der Waals surface area contributed by atoms with E-state index in [1.165, 1.54) is 0 Å². The maximum absolute atomic E-state index is 12.5. The average molecular weight is 281 g/mol. The molecule has 2 aliphatic rings. The predicted molar refractivity (Wildman–Crippen MR) is 77.1 cm³/mol. The third-order valence-electron chi connectivity index (χ3n) is 6.20. The minimum absolute atomic E-state index is 0.0583. The van der Waals surface area contributed by atoms with Crippen LogP contribution in [0.2, 0.25) is 0 Å². The van der Waals surface area contributed by atoms with Crippen LogP contribution in [0.15, 0.2) is 0 Å². The number of nitrogens with one attached hydrogen (secondary N) is 1. The molecule has 2 fully saturated rings. The Hall–Kier alpha value is -1.06. The Kier molecular flexibility index (Phi) is 3.64. The number of carboxylic acids is 1. The fraction of sp³-hybridized carbons (Fsp3) is 0.875. The Balaban J connectivity index is 2.04. The first-order chi connectivity index (χ1) is 9.12. The molecule has 0 aromatic heterocycles. The lowest BCUT2D eigenvalue weighted by Crippen LogP contribution is -2.38. The number of hydrogen-bond donors (Lipinski definition) is 2. The highest BCUT2D eigenvalue weighted by atomic mass is 16.4. The number of aliphatic carboxylic acids is 1. The summed E-state index contributed by atoms with van der Waals surface area (Å²) in [5, 5.41) is 12.4. The van der Waals surface area contributed by atoms with Crippen molar-refractivity contribution in [2.24, 2.45) is 28.6 Å². The van der Waals surface area contributed by atoms with Gasteiger partial charge in [-0.05, 0) is 29.6 Å². The summed E-state index contributed by atoms with van der Waals surface area (Å²) in [5.41, 5.74) is 0.175. The van der Waals surface area contributed by atoms with Gasteiger partial charge in [0.1, 0.15) is 0 Å². The fourth-order valence-electron chi connectivity index (χ4n) is 3.85. The SMILES string of the molecule is CCC1C[C@H](C(=O)NC2C(C)(C)C2(C)C)[C@H](C(=O)O)C1. The Bertz CT molecular complexity index is 413. The third kappa shape index (κ3) is 2.23. The highest BCUT2D eigenvalue weighted by Gasteiger charge is 2.65. The average Bonchev–Trinajstić information content (AvgIpc) is 2.74. The maximum atomic E-state index is 12.5. The van der Waals surface area contributed by atoms with Crippen LogP contribution in [0.25, 0.3) is 0 Å². The highest BCUT2D eigenvalue weighted by molar-refractivity contribution is 5.86. The zero-order valence-corrected chi connectivity index (χ0v) is 13.2. The molecule has 0 aromatic rings. The number of carboxylic acid groups (broad SMARTS) is 1. The van der Waals surface area contributed by atoms with Crippen LogP contribution >= 0.6 is 0 Å². The van der Waals surface area contributed by atoms with Gasteiger partial charge in [-0.1, -0.05) is 41.0 Å². The van der Waals surface area contributed by atoms with Crippen molar-refractivity contribution in [3.8, 4) is 0 Å². The number of carbonyl (C=O) groups is 2. The van der Waals surface area contributed by atoms with E-state index >= 15 is 0 Å². The lowest BCUT2D eigenvalue weighted by molar-refractivity contribution is -0.146. The summed E-state index contributed by atoms with van der Waals surface area (Å²) in [5.74, 6) is -1.38.